The molecule has 0 aromatic heterocycles. The van der Waals surface area contributed by atoms with Crippen LogP contribution in [0.3, 0.4) is 0 Å². The van der Waals surface area contributed by atoms with Gasteiger partial charge in [0.15, 0.2) is 0 Å². The minimum absolute atomic E-state index is 0.891. The zero-order chi connectivity index (χ0) is 17.8. The Kier molecular flexibility index (Phi) is 4.85. The Labute approximate surface area is 155 Å². The van der Waals surface area contributed by atoms with Crippen molar-refractivity contribution in [3.63, 3.8) is 0 Å². The molecular formula is C24H23NO. The Morgan fingerprint density at radius 2 is 1.58 bits per heavy atom. The Balaban J connectivity index is 1.64. The summed E-state index contributed by atoms with van der Waals surface area (Å²) in [6.07, 6.45) is 2.30. The molecule has 130 valence electrons. The number of hydrogen-bond acceptors (Lipinski definition) is 2. The van der Waals surface area contributed by atoms with Crippen molar-refractivity contribution < 1.29 is 4.74 Å². The third-order valence-electron chi connectivity index (χ3n) is 4.86. The summed E-state index contributed by atoms with van der Waals surface area (Å²) < 4.78 is 5.27. The van der Waals surface area contributed by atoms with E-state index >= 15 is 0 Å². The molecule has 26 heavy (non-hydrogen) atoms. The highest BCUT2D eigenvalue weighted by Gasteiger charge is 2.20. The molecule has 2 nitrogen and oxygen atoms in total. The van der Waals surface area contributed by atoms with Gasteiger partial charge in [-0.15, -0.1) is 0 Å². The third kappa shape index (κ3) is 3.71. The third-order valence-corrected chi connectivity index (χ3v) is 4.86. The Morgan fingerprint density at radius 3 is 2.35 bits per heavy atom. The van der Waals surface area contributed by atoms with Gasteiger partial charge in [-0.3, -0.25) is 4.90 Å². The Bertz CT molecular complexity index is 897. The van der Waals surface area contributed by atoms with Crippen molar-refractivity contribution in [2.24, 2.45) is 0 Å². The molecule has 4 rings (SSSR count). The molecule has 0 unspecified atom stereocenters. The second-order valence-electron chi connectivity index (χ2n) is 6.73. The second-order valence-corrected chi connectivity index (χ2v) is 6.73. The molecule has 0 aliphatic carbocycles. The lowest BCUT2D eigenvalue weighted by Gasteiger charge is -2.31. The number of hydrogen-bond donors (Lipinski definition) is 0. The second kappa shape index (κ2) is 7.59. The van der Waals surface area contributed by atoms with Gasteiger partial charge in [0.2, 0.25) is 0 Å². The first-order chi connectivity index (χ1) is 12.8. The van der Waals surface area contributed by atoms with Gasteiger partial charge < -0.3 is 4.74 Å². The summed E-state index contributed by atoms with van der Waals surface area (Å²) in [6.45, 7) is 2.91. The van der Waals surface area contributed by atoms with E-state index < -0.39 is 0 Å². The minimum atomic E-state index is 0.891. The molecule has 0 bridgehead atoms. The minimum Gasteiger partial charge on any atom is -0.497 e. The predicted octanol–water partition coefficient (Wildman–Crippen LogP) is 5.25. The lowest BCUT2D eigenvalue weighted by atomic mass is 9.93. The van der Waals surface area contributed by atoms with Crippen LogP contribution >= 0.6 is 0 Å². The van der Waals surface area contributed by atoms with Crippen LogP contribution < -0.4 is 4.74 Å². The molecule has 2 heteroatoms. The number of nitrogens with zero attached hydrogens (tertiary/aromatic N) is 1. The van der Waals surface area contributed by atoms with Crippen LogP contribution in [0.2, 0.25) is 0 Å². The van der Waals surface area contributed by atoms with Gasteiger partial charge in [-0.25, -0.2) is 0 Å². The highest BCUT2D eigenvalue weighted by molar-refractivity contribution is 5.84. The molecule has 1 aliphatic rings. The first-order valence-corrected chi connectivity index (χ1v) is 9.01. The van der Waals surface area contributed by atoms with Crippen molar-refractivity contribution in [1.82, 2.24) is 4.90 Å². The van der Waals surface area contributed by atoms with E-state index in [-0.39, 0.29) is 0 Å². The van der Waals surface area contributed by atoms with Gasteiger partial charge in [0.1, 0.15) is 5.75 Å². The van der Waals surface area contributed by atoms with Crippen molar-refractivity contribution in [3.05, 3.63) is 101 Å². The van der Waals surface area contributed by atoms with Crippen molar-refractivity contribution in [2.75, 3.05) is 13.7 Å². The molecule has 0 N–H and O–H groups in total. The monoisotopic (exact) mass is 341 g/mol. The number of fused-ring (bicyclic) bond motifs is 1. The summed E-state index contributed by atoms with van der Waals surface area (Å²) in [6, 6.07) is 27.7. The summed E-state index contributed by atoms with van der Waals surface area (Å²) in [5.74, 6) is 0.891. The van der Waals surface area contributed by atoms with Crippen LogP contribution in [0.25, 0.3) is 11.6 Å². The molecule has 0 radical (unpaired) electrons. The predicted molar refractivity (Wildman–Crippen MR) is 108 cm³/mol. The van der Waals surface area contributed by atoms with Gasteiger partial charge in [-0.05, 0) is 46.0 Å². The van der Waals surface area contributed by atoms with Crippen LogP contribution in [-0.2, 0) is 13.1 Å². The normalized spacial score (nSPS) is 15.7. The van der Waals surface area contributed by atoms with Crippen LogP contribution in [0.4, 0.5) is 0 Å². The maximum Gasteiger partial charge on any atom is 0.118 e. The van der Waals surface area contributed by atoms with Gasteiger partial charge in [0.05, 0.1) is 7.11 Å². The van der Waals surface area contributed by atoms with Crippen LogP contribution in [0.15, 0.2) is 78.9 Å². The van der Waals surface area contributed by atoms with E-state index in [4.69, 9.17) is 4.74 Å². The highest BCUT2D eigenvalue weighted by Crippen LogP contribution is 2.30. The van der Waals surface area contributed by atoms with Crippen molar-refractivity contribution in [1.29, 1.82) is 0 Å². The molecule has 0 saturated carbocycles. The number of rotatable bonds is 4. The number of benzene rings is 3. The van der Waals surface area contributed by atoms with E-state index in [0.717, 1.165) is 25.4 Å². The molecular weight excluding hydrogens is 318 g/mol. The van der Waals surface area contributed by atoms with E-state index in [1.807, 2.05) is 12.1 Å². The van der Waals surface area contributed by atoms with E-state index in [2.05, 4.69) is 77.7 Å². The SMILES string of the molecule is COc1ccc(/C=C2\CN(Cc3ccccc3)Cc3ccccc32)cc1. The zero-order valence-corrected chi connectivity index (χ0v) is 15.1. The standard InChI is InChI=1S/C24H23NO/c1-26-23-13-11-19(12-14-23)15-22-18-25(16-20-7-3-2-4-8-20)17-21-9-5-6-10-24(21)22/h2-15H,16-18H2,1H3/b22-15+. The molecule has 0 fully saturated rings. The average Bonchev–Trinajstić information content (AvgIpc) is 2.69. The van der Waals surface area contributed by atoms with Crippen LogP contribution in [-0.4, -0.2) is 18.6 Å². The van der Waals surface area contributed by atoms with E-state index in [0.29, 0.717) is 0 Å². The van der Waals surface area contributed by atoms with E-state index in [9.17, 15) is 0 Å². The summed E-state index contributed by atoms with van der Waals surface area (Å²) in [4.78, 5) is 2.51. The zero-order valence-electron chi connectivity index (χ0n) is 15.1. The Morgan fingerprint density at radius 1 is 0.846 bits per heavy atom. The van der Waals surface area contributed by atoms with Crippen molar-refractivity contribution >= 4 is 11.6 Å². The van der Waals surface area contributed by atoms with Gasteiger partial charge >= 0.3 is 0 Å². The summed E-state index contributed by atoms with van der Waals surface area (Å²) in [5, 5.41) is 0. The molecule has 3 aromatic carbocycles. The molecule has 3 aromatic rings. The number of methoxy groups -OCH3 is 1. The van der Waals surface area contributed by atoms with E-state index in [1.54, 1.807) is 7.11 Å². The molecule has 1 heterocycles. The maximum absolute atomic E-state index is 5.27. The van der Waals surface area contributed by atoms with Gasteiger partial charge in [0, 0.05) is 19.6 Å². The van der Waals surface area contributed by atoms with Gasteiger partial charge in [-0.2, -0.15) is 0 Å². The topological polar surface area (TPSA) is 12.5 Å². The first-order valence-electron chi connectivity index (χ1n) is 9.01. The van der Waals surface area contributed by atoms with Crippen LogP contribution in [0.5, 0.6) is 5.75 Å². The lowest BCUT2D eigenvalue weighted by Crippen LogP contribution is -2.29. The van der Waals surface area contributed by atoms with Crippen molar-refractivity contribution in [2.45, 2.75) is 13.1 Å². The lowest BCUT2D eigenvalue weighted by molar-refractivity contribution is 0.283. The fourth-order valence-electron chi connectivity index (χ4n) is 3.57. The summed E-state index contributed by atoms with van der Waals surface area (Å²) in [5.41, 5.74) is 6.70. The van der Waals surface area contributed by atoms with Crippen LogP contribution in [0, 0.1) is 0 Å². The van der Waals surface area contributed by atoms with Gasteiger partial charge in [-0.1, -0.05) is 66.7 Å². The van der Waals surface area contributed by atoms with E-state index in [1.165, 1.54) is 27.8 Å². The molecule has 0 atom stereocenters. The molecule has 0 amide bonds. The quantitative estimate of drug-likeness (QED) is 0.642. The largest absolute Gasteiger partial charge is 0.497 e. The Hall–Kier alpha value is -2.84. The average molecular weight is 341 g/mol. The smallest absolute Gasteiger partial charge is 0.118 e. The maximum atomic E-state index is 5.27. The summed E-state index contributed by atoms with van der Waals surface area (Å²) in [7, 11) is 1.70. The van der Waals surface area contributed by atoms with Crippen molar-refractivity contribution in [3.8, 4) is 5.75 Å². The fraction of sp³-hybridized carbons (Fsp3) is 0.167. The molecule has 1 aliphatic heterocycles. The molecule has 0 saturated heterocycles. The molecule has 0 spiro atoms. The fourth-order valence-corrected chi connectivity index (χ4v) is 3.57. The van der Waals surface area contributed by atoms with Gasteiger partial charge in [0.25, 0.3) is 0 Å². The highest BCUT2D eigenvalue weighted by atomic mass is 16.5. The summed E-state index contributed by atoms with van der Waals surface area (Å²) >= 11 is 0. The number of ether oxygens (including phenoxy) is 1. The first kappa shape index (κ1) is 16.6. The van der Waals surface area contributed by atoms with Crippen LogP contribution in [0.1, 0.15) is 22.3 Å².